The maximum atomic E-state index is 12.2. The Morgan fingerprint density at radius 1 is 1.40 bits per heavy atom. The highest BCUT2D eigenvalue weighted by atomic mass is 16.5. The van der Waals surface area contributed by atoms with Crippen LogP contribution >= 0.6 is 0 Å². The second kappa shape index (κ2) is 4.97. The largest absolute Gasteiger partial charge is 0.464 e. The van der Waals surface area contributed by atoms with Gasteiger partial charge in [0.15, 0.2) is 0 Å². The van der Waals surface area contributed by atoms with Gasteiger partial charge in [-0.2, -0.15) is 0 Å². The molecule has 20 heavy (non-hydrogen) atoms. The molecule has 1 aromatic carbocycles. The Kier molecular flexibility index (Phi) is 3.28. The zero-order valence-electron chi connectivity index (χ0n) is 12.3. The van der Waals surface area contributed by atoms with Crippen molar-refractivity contribution in [3.63, 3.8) is 0 Å². The van der Waals surface area contributed by atoms with E-state index in [0.717, 1.165) is 12.1 Å². The molecule has 0 bridgehead atoms. The van der Waals surface area contributed by atoms with Gasteiger partial charge in [0, 0.05) is 17.5 Å². The van der Waals surface area contributed by atoms with Crippen molar-refractivity contribution in [1.29, 1.82) is 0 Å². The first-order valence-corrected chi connectivity index (χ1v) is 7.33. The van der Waals surface area contributed by atoms with E-state index < -0.39 is 0 Å². The van der Waals surface area contributed by atoms with Crippen LogP contribution in [0.1, 0.15) is 36.0 Å². The van der Waals surface area contributed by atoms with Gasteiger partial charge in [-0.3, -0.25) is 0 Å². The van der Waals surface area contributed by atoms with Crippen LogP contribution in [0.4, 0.5) is 5.69 Å². The summed E-state index contributed by atoms with van der Waals surface area (Å²) in [7, 11) is 0. The molecule has 0 fully saturated rings. The Hall–Kier alpha value is -1.77. The van der Waals surface area contributed by atoms with Crippen LogP contribution in [0, 0.1) is 19.8 Å². The van der Waals surface area contributed by atoms with Gasteiger partial charge in [-0.15, -0.1) is 0 Å². The number of anilines is 1. The molecule has 1 aliphatic carbocycles. The number of ether oxygens (including phenoxy) is 1. The van der Waals surface area contributed by atoms with Crippen LogP contribution in [0.3, 0.4) is 0 Å². The van der Waals surface area contributed by atoms with Crippen molar-refractivity contribution in [2.75, 3.05) is 11.9 Å². The number of hydrogen-bond acceptors (Lipinski definition) is 3. The van der Waals surface area contributed by atoms with Crippen LogP contribution in [-0.2, 0) is 9.53 Å². The average molecular weight is 271 g/mol. The molecule has 0 spiro atoms. The molecule has 0 aromatic heterocycles. The molecule has 3 atom stereocenters. The predicted octanol–water partition coefficient (Wildman–Crippen LogP) is 3.32. The van der Waals surface area contributed by atoms with Crippen LogP contribution in [0.25, 0.3) is 0 Å². The molecule has 0 unspecified atom stereocenters. The molecule has 1 aliphatic heterocycles. The van der Waals surface area contributed by atoms with Crippen LogP contribution in [0.15, 0.2) is 24.3 Å². The number of carbonyl (C=O) groups excluding carboxylic acids is 1. The van der Waals surface area contributed by atoms with Gasteiger partial charge in [-0.05, 0) is 43.9 Å². The standard InChI is InChI=1S/C17H21NO2/c1-4-20-17(19)16-13-7-5-6-12(13)14-9-8-10(2)11(3)15(14)18-16/h5-6,8-9,12-13,16,18H,4,7H2,1-3H3/t12-,13+,16-/m1/s1. The number of carbonyl (C=O) groups is 1. The third-order valence-corrected chi connectivity index (χ3v) is 4.61. The van der Waals surface area contributed by atoms with Gasteiger partial charge in [-0.1, -0.05) is 24.3 Å². The summed E-state index contributed by atoms with van der Waals surface area (Å²) >= 11 is 0. The Morgan fingerprint density at radius 2 is 2.20 bits per heavy atom. The first-order valence-electron chi connectivity index (χ1n) is 7.33. The first-order chi connectivity index (χ1) is 9.63. The van der Waals surface area contributed by atoms with E-state index in [4.69, 9.17) is 4.74 Å². The molecule has 1 N–H and O–H groups in total. The third kappa shape index (κ3) is 1.92. The monoisotopic (exact) mass is 271 g/mol. The molecule has 2 aliphatic rings. The van der Waals surface area contributed by atoms with E-state index >= 15 is 0 Å². The summed E-state index contributed by atoms with van der Waals surface area (Å²) in [5, 5.41) is 3.45. The van der Waals surface area contributed by atoms with Crippen LogP contribution in [-0.4, -0.2) is 18.6 Å². The first kappa shape index (κ1) is 13.2. The van der Waals surface area contributed by atoms with Crippen molar-refractivity contribution in [3.8, 4) is 0 Å². The van der Waals surface area contributed by atoms with Crippen molar-refractivity contribution >= 4 is 11.7 Å². The van der Waals surface area contributed by atoms with Crippen molar-refractivity contribution in [2.24, 2.45) is 5.92 Å². The molecule has 3 nitrogen and oxygen atoms in total. The molecule has 0 saturated heterocycles. The third-order valence-electron chi connectivity index (χ3n) is 4.61. The van der Waals surface area contributed by atoms with Crippen LogP contribution in [0.2, 0.25) is 0 Å². The molecular weight excluding hydrogens is 250 g/mol. The molecule has 106 valence electrons. The summed E-state index contributed by atoms with van der Waals surface area (Å²) in [6, 6.07) is 4.13. The lowest BCUT2D eigenvalue weighted by Gasteiger charge is -2.36. The van der Waals surface area contributed by atoms with E-state index in [0.29, 0.717) is 12.5 Å². The van der Waals surface area contributed by atoms with Crippen molar-refractivity contribution < 1.29 is 9.53 Å². The lowest BCUT2D eigenvalue weighted by molar-refractivity contribution is -0.145. The van der Waals surface area contributed by atoms with E-state index in [1.54, 1.807) is 0 Å². The number of fused-ring (bicyclic) bond motifs is 3. The Balaban J connectivity index is 2.03. The summed E-state index contributed by atoms with van der Waals surface area (Å²) in [4.78, 5) is 12.2. The van der Waals surface area contributed by atoms with Crippen molar-refractivity contribution in [3.05, 3.63) is 41.0 Å². The normalized spacial score (nSPS) is 26.6. The summed E-state index contributed by atoms with van der Waals surface area (Å²) in [5.74, 6) is 0.487. The Bertz CT molecular complexity index is 577. The Labute approximate surface area is 120 Å². The van der Waals surface area contributed by atoms with Gasteiger partial charge in [0.1, 0.15) is 6.04 Å². The van der Waals surface area contributed by atoms with Crippen molar-refractivity contribution in [2.45, 2.75) is 39.2 Å². The van der Waals surface area contributed by atoms with Gasteiger partial charge in [0.05, 0.1) is 6.61 Å². The number of nitrogens with one attached hydrogen (secondary N) is 1. The number of aryl methyl sites for hydroxylation is 1. The minimum Gasteiger partial charge on any atom is -0.464 e. The fraction of sp³-hybridized carbons (Fsp3) is 0.471. The number of benzene rings is 1. The summed E-state index contributed by atoms with van der Waals surface area (Å²) in [6.45, 7) is 6.51. The maximum absolute atomic E-state index is 12.2. The molecule has 1 aromatic rings. The quantitative estimate of drug-likeness (QED) is 0.662. The highest BCUT2D eigenvalue weighted by Crippen LogP contribution is 2.46. The molecule has 0 radical (unpaired) electrons. The van der Waals surface area contributed by atoms with Gasteiger partial charge in [0.2, 0.25) is 0 Å². The fourth-order valence-corrected chi connectivity index (χ4v) is 3.38. The van der Waals surface area contributed by atoms with Crippen LogP contribution < -0.4 is 5.32 Å². The highest BCUT2D eigenvalue weighted by Gasteiger charge is 2.41. The molecular formula is C17H21NO2. The van der Waals surface area contributed by atoms with Gasteiger partial charge in [0.25, 0.3) is 0 Å². The minimum atomic E-state index is -0.233. The summed E-state index contributed by atoms with van der Waals surface area (Å²) in [6.07, 6.45) is 5.37. The van der Waals surface area contributed by atoms with E-state index in [1.807, 2.05) is 6.92 Å². The van der Waals surface area contributed by atoms with Crippen LogP contribution in [0.5, 0.6) is 0 Å². The van der Waals surface area contributed by atoms with E-state index in [2.05, 4.69) is 43.4 Å². The zero-order valence-corrected chi connectivity index (χ0v) is 12.3. The van der Waals surface area contributed by atoms with Gasteiger partial charge in [-0.25, -0.2) is 4.79 Å². The number of allylic oxidation sites excluding steroid dienone is 2. The molecule has 3 rings (SSSR count). The number of hydrogen-bond donors (Lipinski definition) is 1. The molecule has 0 amide bonds. The van der Waals surface area contributed by atoms with E-state index in [9.17, 15) is 4.79 Å². The smallest absolute Gasteiger partial charge is 0.328 e. The van der Waals surface area contributed by atoms with E-state index in [-0.39, 0.29) is 17.9 Å². The minimum absolute atomic E-state index is 0.127. The second-order valence-corrected chi connectivity index (χ2v) is 5.70. The topological polar surface area (TPSA) is 38.3 Å². The van der Waals surface area contributed by atoms with Gasteiger partial charge >= 0.3 is 5.97 Å². The number of rotatable bonds is 2. The SMILES string of the molecule is CCOC(=O)[C@@H]1Nc2c(ccc(C)c2C)[C@@H]2C=CC[C@H]12. The lowest BCUT2D eigenvalue weighted by Crippen LogP contribution is -2.43. The molecule has 0 saturated carbocycles. The summed E-state index contributed by atoms with van der Waals surface area (Å²) in [5.41, 5.74) is 4.91. The van der Waals surface area contributed by atoms with E-state index in [1.165, 1.54) is 16.7 Å². The van der Waals surface area contributed by atoms with Gasteiger partial charge < -0.3 is 10.1 Å². The molecule has 3 heteroatoms. The summed E-state index contributed by atoms with van der Waals surface area (Å²) < 4.78 is 5.25. The average Bonchev–Trinajstić information content (AvgIpc) is 2.91. The molecule has 1 heterocycles. The predicted molar refractivity (Wildman–Crippen MR) is 79.9 cm³/mol. The Morgan fingerprint density at radius 3 is 2.95 bits per heavy atom. The lowest BCUT2D eigenvalue weighted by atomic mass is 9.78. The zero-order chi connectivity index (χ0) is 14.3. The second-order valence-electron chi connectivity index (χ2n) is 5.70. The maximum Gasteiger partial charge on any atom is 0.328 e. The van der Waals surface area contributed by atoms with Crippen molar-refractivity contribution in [1.82, 2.24) is 0 Å². The number of esters is 1. The fourth-order valence-electron chi connectivity index (χ4n) is 3.38. The highest BCUT2D eigenvalue weighted by molar-refractivity contribution is 5.83.